The van der Waals surface area contributed by atoms with Crippen molar-refractivity contribution >= 4 is 23.4 Å². The van der Waals surface area contributed by atoms with Gasteiger partial charge in [-0.1, -0.05) is 36.4 Å². The summed E-state index contributed by atoms with van der Waals surface area (Å²) in [5.41, 5.74) is 4.06. The fourth-order valence-electron chi connectivity index (χ4n) is 3.02. The van der Waals surface area contributed by atoms with Crippen molar-refractivity contribution in [2.24, 2.45) is 5.10 Å². The molecule has 0 bridgehead atoms. The second-order valence-corrected chi connectivity index (χ2v) is 6.14. The molecular weight excluding hydrogens is 312 g/mol. The van der Waals surface area contributed by atoms with Crippen LogP contribution in [0.1, 0.15) is 19.4 Å². The summed E-state index contributed by atoms with van der Waals surface area (Å²) in [6.07, 6.45) is 3.85. The van der Waals surface area contributed by atoms with Crippen LogP contribution in [-0.4, -0.2) is 17.7 Å². The minimum Gasteiger partial charge on any atom is -0.485 e. The van der Waals surface area contributed by atoms with Gasteiger partial charge in [-0.25, -0.2) is 0 Å². The molecule has 124 valence electrons. The molecule has 4 rings (SSSR count). The zero-order chi connectivity index (χ0) is 17.4. The molecule has 0 saturated carbocycles. The Hall–Kier alpha value is -3.14. The summed E-state index contributed by atoms with van der Waals surface area (Å²) < 4.78 is 5.96. The maximum absolute atomic E-state index is 12.8. The van der Waals surface area contributed by atoms with Gasteiger partial charge in [-0.05, 0) is 49.8 Å². The first-order chi connectivity index (χ1) is 12.1. The van der Waals surface area contributed by atoms with Crippen molar-refractivity contribution in [1.29, 1.82) is 0 Å². The predicted molar refractivity (Wildman–Crippen MR) is 99.6 cm³/mol. The fourth-order valence-corrected chi connectivity index (χ4v) is 3.02. The third-order valence-electron chi connectivity index (χ3n) is 4.39. The van der Waals surface area contributed by atoms with Crippen LogP contribution in [-0.2, 0) is 4.79 Å². The highest BCUT2D eigenvalue weighted by Crippen LogP contribution is 2.31. The zero-order valence-electron chi connectivity index (χ0n) is 14.1. The van der Waals surface area contributed by atoms with Gasteiger partial charge in [0, 0.05) is 5.56 Å². The SMILES string of the molecule is CC1=NN(c2ccccc2)C(=O)C1=CC1=Cc2ccccc2OC1C. The summed E-state index contributed by atoms with van der Waals surface area (Å²) >= 11 is 0. The van der Waals surface area contributed by atoms with Crippen LogP contribution in [0.4, 0.5) is 5.69 Å². The number of nitrogens with zero attached hydrogens (tertiary/aromatic N) is 2. The molecule has 4 nitrogen and oxygen atoms in total. The predicted octanol–water partition coefficient (Wildman–Crippen LogP) is 4.20. The Morgan fingerprint density at radius 3 is 2.60 bits per heavy atom. The number of carbonyl (C=O) groups is 1. The number of amides is 1. The van der Waals surface area contributed by atoms with Gasteiger partial charge in [0.1, 0.15) is 11.9 Å². The molecule has 1 atom stereocenters. The lowest BCUT2D eigenvalue weighted by molar-refractivity contribution is -0.114. The van der Waals surface area contributed by atoms with Crippen molar-refractivity contribution < 1.29 is 9.53 Å². The van der Waals surface area contributed by atoms with E-state index in [-0.39, 0.29) is 12.0 Å². The summed E-state index contributed by atoms with van der Waals surface area (Å²) in [5, 5.41) is 5.87. The Morgan fingerprint density at radius 1 is 1.08 bits per heavy atom. The van der Waals surface area contributed by atoms with E-state index < -0.39 is 0 Å². The van der Waals surface area contributed by atoms with E-state index >= 15 is 0 Å². The summed E-state index contributed by atoms with van der Waals surface area (Å²) in [5.74, 6) is 0.752. The first kappa shape index (κ1) is 15.4. The van der Waals surface area contributed by atoms with Gasteiger partial charge in [-0.15, -0.1) is 0 Å². The van der Waals surface area contributed by atoms with Crippen molar-refractivity contribution in [2.75, 3.05) is 5.01 Å². The molecule has 2 aliphatic heterocycles. The highest BCUT2D eigenvalue weighted by Gasteiger charge is 2.30. The molecule has 2 aromatic carbocycles. The fraction of sp³-hybridized carbons (Fsp3) is 0.143. The van der Waals surface area contributed by atoms with Crippen LogP contribution in [0.15, 0.2) is 76.9 Å². The maximum Gasteiger partial charge on any atom is 0.280 e. The largest absolute Gasteiger partial charge is 0.485 e. The second kappa shape index (κ2) is 6.06. The van der Waals surface area contributed by atoms with Crippen molar-refractivity contribution in [3.8, 4) is 5.75 Å². The van der Waals surface area contributed by atoms with Crippen molar-refractivity contribution in [3.05, 3.63) is 77.4 Å². The topological polar surface area (TPSA) is 41.9 Å². The number of hydrogen-bond donors (Lipinski definition) is 0. The molecule has 2 aromatic rings. The minimum absolute atomic E-state index is 0.115. The number of rotatable bonds is 2. The first-order valence-corrected chi connectivity index (χ1v) is 8.27. The average molecular weight is 330 g/mol. The third-order valence-corrected chi connectivity index (χ3v) is 4.39. The number of anilines is 1. The normalized spacial score (nSPS) is 20.9. The van der Waals surface area contributed by atoms with E-state index in [0.717, 1.165) is 22.6 Å². The number of benzene rings is 2. The molecule has 25 heavy (non-hydrogen) atoms. The summed E-state index contributed by atoms with van der Waals surface area (Å²) in [7, 11) is 0. The summed E-state index contributed by atoms with van der Waals surface area (Å²) in [6.45, 7) is 3.84. The molecule has 0 saturated heterocycles. The van der Waals surface area contributed by atoms with Crippen LogP contribution >= 0.6 is 0 Å². The number of hydrazone groups is 1. The van der Waals surface area contributed by atoms with E-state index in [1.54, 1.807) is 0 Å². The quantitative estimate of drug-likeness (QED) is 0.775. The molecule has 2 heterocycles. The number of ether oxygens (including phenoxy) is 1. The van der Waals surface area contributed by atoms with Gasteiger partial charge < -0.3 is 4.74 Å². The third kappa shape index (κ3) is 2.76. The molecule has 0 radical (unpaired) electrons. The molecule has 0 aromatic heterocycles. The van der Waals surface area contributed by atoms with Crippen molar-refractivity contribution in [1.82, 2.24) is 0 Å². The smallest absolute Gasteiger partial charge is 0.280 e. The molecule has 4 heteroatoms. The van der Waals surface area contributed by atoms with Gasteiger partial charge in [0.15, 0.2) is 0 Å². The van der Waals surface area contributed by atoms with Crippen LogP contribution in [0.3, 0.4) is 0 Å². The van der Waals surface area contributed by atoms with Crippen molar-refractivity contribution in [2.45, 2.75) is 20.0 Å². The minimum atomic E-state index is -0.117. The molecule has 0 fully saturated rings. The van der Waals surface area contributed by atoms with E-state index in [9.17, 15) is 4.79 Å². The maximum atomic E-state index is 12.8. The van der Waals surface area contributed by atoms with Gasteiger partial charge in [0.05, 0.1) is 17.0 Å². The van der Waals surface area contributed by atoms with Crippen LogP contribution in [0.25, 0.3) is 6.08 Å². The number of fused-ring (bicyclic) bond motifs is 1. The van der Waals surface area contributed by atoms with E-state index in [1.165, 1.54) is 5.01 Å². The van der Waals surface area contributed by atoms with Crippen LogP contribution < -0.4 is 9.75 Å². The summed E-state index contributed by atoms with van der Waals surface area (Å²) in [4.78, 5) is 12.8. The molecule has 0 aliphatic carbocycles. The van der Waals surface area contributed by atoms with Gasteiger partial charge in [0.2, 0.25) is 0 Å². The standard InChI is InChI=1S/C21H18N2O2/c1-14-19(21(24)23(22-14)18-9-4-3-5-10-18)13-17-12-16-8-6-7-11-20(16)25-15(17)2/h3-13,15H,1-2H3. The Bertz CT molecular complexity index is 926. The highest BCUT2D eigenvalue weighted by molar-refractivity contribution is 6.30. The second-order valence-electron chi connectivity index (χ2n) is 6.14. The van der Waals surface area contributed by atoms with Gasteiger partial charge in [0.25, 0.3) is 5.91 Å². The van der Waals surface area contributed by atoms with Crippen LogP contribution in [0.2, 0.25) is 0 Å². The Balaban J connectivity index is 1.70. The first-order valence-electron chi connectivity index (χ1n) is 8.27. The molecule has 1 amide bonds. The number of para-hydroxylation sites is 2. The Labute approximate surface area is 146 Å². The monoisotopic (exact) mass is 330 g/mol. The van der Waals surface area contributed by atoms with E-state index in [0.29, 0.717) is 11.3 Å². The van der Waals surface area contributed by atoms with E-state index in [1.807, 2.05) is 74.5 Å². The Kier molecular flexibility index (Phi) is 3.73. The number of carbonyl (C=O) groups excluding carboxylic acids is 1. The molecule has 0 spiro atoms. The van der Waals surface area contributed by atoms with E-state index in [4.69, 9.17) is 4.74 Å². The average Bonchev–Trinajstić information content (AvgIpc) is 2.91. The molecule has 2 aliphatic rings. The van der Waals surface area contributed by atoms with E-state index in [2.05, 4.69) is 11.2 Å². The molecular formula is C21H18N2O2. The lowest BCUT2D eigenvalue weighted by Gasteiger charge is -2.23. The zero-order valence-corrected chi connectivity index (χ0v) is 14.1. The van der Waals surface area contributed by atoms with Crippen molar-refractivity contribution in [3.63, 3.8) is 0 Å². The lowest BCUT2D eigenvalue weighted by atomic mass is 9.99. The van der Waals surface area contributed by atoms with Gasteiger partial charge in [-0.3, -0.25) is 4.79 Å². The summed E-state index contributed by atoms with van der Waals surface area (Å²) in [6, 6.07) is 17.4. The number of hydrogen-bond acceptors (Lipinski definition) is 3. The molecule has 0 N–H and O–H groups in total. The van der Waals surface area contributed by atoms with Crippen LogP contribution in [0.5, 0.6) is 5.75 Å². The van der Waals surface area contributed by atoms with Crippen LogP contribution in [0, 0.1) is 0 Å². The van der Waals surface area contributed by atoms with Gasteiger partial charge >= 0.3 is 0 Å². The molecule has 1 unspecified atom stereocenters. The van der Waals surface area contributed by atoms with Gasteiger partial charge in [-0.2, -0.15) is 10.1 Å². The lowest BCUT2D eigenvalue weighted by Crippen LogP contribution is -2.23. The Morgan fingerprint density at radius 2 is 1.80 bits per heavy atom. The highest BCUT2D eigenvalue weighted by atomic mass is 16.5.